The highest BCUT2D eigenvalue weighted by molar-refractivity contribution is 6.09. The largest absolute Gasteiger partial charge is 0.310 e. The van der Waals surface area contributed by atoms with Gasteiger partial charge in [-0.05, 0) is 110 Å². The Morgan fingerprint density at radius 3 is 1.46 bits per heavy atom. The van der Waals surface area contributed by atoms with E-state index in [2.05, 4.69) is 266 Å². The molecule has 65 heavy (non-hydrogen) atoms. The van der Waals surface area contributed by atoms with Crippen LogP contribution in [0.1, 0.15) is 25.0 Å². The van der Waals surface area contributed by atoms with Crippen LogP contribution in [0.4, 0.5) is 17.1 Å². The molecule has 0 fully saturated rings. The number of rotatable bonds is 8. The van der Waals surface area contributed by atoms with Crippen molar-refractivity contribution in [2.75, 3.05) is 4.90 Å². The van der Waals surface area contributed by atoms with Gasteiger partial charge in [0, 0.05) is 33.1 Å². The molecule has 0 bridgehead atoms. The van der Waals surface area contributed by atoms with E-state index in [1.807, 2.05) is 0 Å². The van der Waals surface area contributed by atoms with Crippen molar-refractivity contribution in [1.82, 2.24) is 4.57 Å². The van der Waals surface area contributed by atoms with Gasteiger partial charge < -0.3 is 9.47 Å². The quantitative estimate of drug-likeness (QED) is 0.148. The summed E-state index contributed by atoms with van der Waals surface area (Å²) in [5, 5.41) is 2.54. The van der Waals surface area contributed by atoms with E-state index in [-0.39, 0.29) is 5.41 Å². The first-order chi connectivity index (χ1) is 32.0. The zero-order chi connectivity index (χ0) is 43.5. The predicted octanol–water partition coefficient (Wildman–Crippen LogP) is 17.2. The van der Waals surface area contributed by atoms with Crippen LogP contribution >= 0.6 is 0 Å². The van der Waals surface area contributed by atoms with Crippen molar-refractivity contribution in [2.45, 2.75) is 19.3 Å². The number of benzene rings is 10. The van der Waals surface area contributed by atoms with Gasteiger partial charge in [-0.15, -0.1) is 0 Å². The summed E-state index contributed by atoms with van der Waals surface area (Å²) in [5.41, 5.74) is 21.5. The highest BCUT2D eigenvalue weighted by Crippen LogP contribution is 2.56. The Morgan fingerprint density at radius 1 is 0.338 bits per heavy atom. The van der Waals surface area contributed by atoms with E-state index in [0.29, 0.717) is 0 Å². The molecule has 0 unspecified atom stereocenters. The van der Waals surface area contributed by atoms with Crippen molar-refractivity contribution in [1.29, 1.82) is 0 Å². The van der Waals surface area contributed by atoms with Gasteiger partial charge >= 0.3 is 0 Å². The second-order valence-corrected chi connectivity index (χ2v) is 17.6. The molecule has 10 aromatic carbocycles. The Morgan fingerprint density at radius 2 is 0.815 bits per heavy atom. The molecule has 2 nitrogen and oxygen atoms in total. The van der Waals surface area contributed by atoms with Crippen molar-refractivity contribution in [3.05, 3.63) is 254 Å². The maximum Gasteiger partial charge on any atom is 0.0546 e. The molecule has 0 spiro atoms. The van der Waals surface area contributed by atoms with E-state index >= 15 is 0 Å². The average Bonchev–Trinajstić information content (AvgIpc) is 3.83. The lowest BCUT2D eigenvalue weighted by Crippen LogP contribution is -2.21. The van der Waals surface area contributed by atoms with E-state index in [1.54, 1.807) is 0 Å². The van der Waals surface area contributed by atoms with Crippen molar-refractivity contribution >= 4 is 38.9 Å². The van der Waals surface area contributed by atoms with E-state index in [9.17, 15) is 0 Å². The second kappa shape index (κ2) is 15.6. The molecule has 1 aromatic heterocycles. The molecule has 1 aliphatic rings. The van der Waals surface area contributed by atoms with Crippen molar-refractivity contribution in [3.63, 3.8) is 0 Å². The zero-order valence-corrected chi connectivity index (χ0v) is 36.5. The van der Waals surface area contributed by atoms with Crippen molar-refractivity contribution in [2.24, 2.45) is 0 Å². The van der Waals surface area contributed by atoms with Gasteiger partial charge in [0.1, 0.15) is 0 Å². The minimum Gasteiger partial charge on any atom is -0.310 e. The first-order valence-corrected chi connectivity index (χ1v) is 22.6. The fourth-order valence-corrected chi connectivity index (χ4v) is 10.7. The fourth-order valence-electron chi connectivity index (χ4n) is 10.7. The third-order valence-corrected chi connectivity index (χ3v) is 13.6. The van der Waals surface area contributed by atoms with Gasteiger partial charge in [0.2, 0.25) is 0 Å². The number of aromatic nitrogens is 1. The molecule has 1 heterocycles. The van der Waals surface area contributed by atoms with Gasteiger partial charge in [-0.2, -0.15) is 0 Å². The summed E-state index contributed by atoms with van der Waals surface area (Å²) in [6.07, 6.45) is 0. The standard InChI is InChI=1S/C63H46N2/c1-63(2)56-30-14-11-24-51(56)55-29-18-34-60(62(55)63)65(59-33-17-28-50(46-21-7-4-8-22-46)61(59)54-27-10-9-23-49(54)45-19-5-3-6-20-45)48-41-37-44(38-42-48)43-35-39-47(40-36-43)64-57-31-15-12-25-52(57)53-26-13-16-32-58(53)64/h3-42H,1-2H3. The molecule has 0 amide bonds. The van der Waals surface area contributed by atoms with Crippen LogP contribution in [0, 0.1) is 0 Å². The molecule has 2 heteroatoms. The Labute approximate surface area is 381 Å². The number of para-hydroxylation sites is 2. The van der Waals surface area contributed by atoms with Crippen molar-refractivity contribution < 1.29 is 0 Å². The number of nitrogens with zero attached hydrogens (tertiary/aromatic N) is 2. The summed E-state index contributed by atoms with van der Waals surface area (Å²) in [7, 11) is 0. The number of hydrogen-bond acceptors (Lipinski definition) is 1. The predicted molar refractivity (Wildman–Crippen MR) is 275 cm³/mol. The summed E-state index contributed by atoms with van der Waals surface area (Å²) < 4.78 is 2.38. The Hall–Kier alpha value is -8.20. The lowest BCUT2D eigenvalue weighted by atomic mass is 9.81. The maximum atomic E-state index is 2.53. The van der Waals surface area contributed by atoms with Crippen molar-refractivity contribution in [3.8, 4) is 61.3 Å². The third kappa shape index (κ3) is 6.32. The normalized spacial score (nSPS) is 12.6. The van der Waals surface area contributed by atoms with E-state index in [4.69, 9.17) is 0 Å². The molecule has 1 aliphatic carbocycles. The molecule has 0 saturated carbocycles. The third-order valence-electron chi connectivity index (χ3n) is 13.6. The molecule has 0 saturated heterocycles. The fraction of sp³-hybridized carbons (Fsp3) is 0.0476. The first-order valence-electron chi connectivity index (χ1n) is 22.6. The van der Waals surface area contributed by atoms with Gasteiger partial charge in [0.25, 0.3) is 0 Å². The minimum atomic E-state index is -0.238. The highest BCUT2D eigenvalue weighted by atomic mass is 15.1. The van der Waals surface area contributed by atoms with Crippen LogP contribution in [0.25, 0.3) is 83.1 Å². The maximum absolute atomic E-state index is 2.53. The first kappa shape index (κ1) is 38.5. The Bertz CT molecular complexity index is 3490. The molecule has 308 valence electrons. The number of fused-ring (bicyclic) bond motifs is 6. The minimum absolute atomic E-state index is 0.238. The van der Waals surface area contributed by atoms with Crippen LogP contribution in [0.15, 0.2) is 243 Å². The lowest BCUT2D eigenvalue weighted by Gasteiger charge is -2.34. The van der Waals surface area contributed by atoms with Gasteiger partial charge in [-0.3, -0.25) is 0 Å². The smallest absolute Gasteiger partial charge is 0.0546 e. The molecule has 11 aromatic rings. The monoisotopic (exact) mass is 830 g/mol. The van der Waals surface area contributed by atoms with Crippen LogP contribution in [-0.4, -0.2) is 4.57 Å². The summed E-state index contributed by atoms with van der Waals surface area (Å²) >= 11 is 0. The molecular formula is C63H46N2. The van der Waals surface area contributed by atoms with Crippen LogP contribution in [0.3, 0.4) is 0 Å². The molecule has 0 atom stereocenters. The van der Waals surface area contributed by atoms with E-state index in [0.717, 1.165) is 17.1 Å². The van der Waals surface area contributed by atoms with Gasteiger partial charge in [-0.25, -0.2) is 0 Å². The average molecular weight is 831 g/mol. The summed E-state index contributed by atoms with van der Waals surface area (Å²) in [5.74, 6) is 0. The molecule has 0 radical (unpaired) electrons. The highest BCUT2D eigenvalue weighted by Gasteiger charge is 2.39. The summed E-state index contributed by atoms with van der Waals surface area (Å²) in [6.45, 7) is 4.77. The SMILES string of the molecule is CC1(C)c2ccccc2-c2cccc(N(c3ccc(-c4ccc(-n5c6ccccc6c6ccccc65)cc4)cc3)c3cccc(-c4ccccc4)c3-c3ccccc3-c3ccccc3)c21. The van der Waals surface area contributed by atoms with Gasteiger partial charge in [0.05, 0.1) is 22.4 Å². The number of anilines is 3. The molecule has 0 aliphatic heterocycles. The lowest BCUT2D eigenvalue weighted by molar-refractivity contribution is 0.661. The summed E-state index contributed by atoms with van der Waals surface area (Å²) in [4.78, 5) is 2.53. The van der Waals surface area contributed by atoms with E-state index in [1.165, 1.54) is 94.3 Å². The molecular weight excluding hydrogens is 785 g/mol. The van der Waals surface area contributed by atoms with Gasteiger partial charge in [0.15, 0.2) is 0 Å². The van der Waals surface area contributed by atoms with Crippen LogP contribution < -0.4 is 4.90 Å². The zero-order valence-electron chi connectivity index (χ0n) is 36.5. The number of hydrogen-bond donors (Lipinski definition) is 0. The van der Waals surface area contributed by atoms with E-state index < -0.39 is 0 Å². The van der Waals surface area contributed by atoms with Gasteiger partial charge in [-0.1, -0.05) is 208 Å². The Kier molecular flexibility index (Phi) is 9.21. The Balaban J connectivity index is 1.05. The molecule has 0 N–H and O–H groups in total. The topological polar surface area (TPSA) is 8.17 Å². The second-order valence-electron chi connectivity index (χ2n) is 17.6. The van der Waals surface area contributed by atoms with Crippen LogP contribution in [0.2, 0.25) is 0 Å². The molecule has 12 rings (SSSR count). The van der Waals surface area contributed by atoms with Crippen LogP contribution in [0.5, 0.6) is 0 Å². The summed E-state index contributed by atoms with van der Waals surface area (Å²) in [6, 6.07) is 88.9. The van der Waals surface area contributed by atoms with Crippen LogP contribution in [-0.2, 0) is 5.41 Å².